The van der Waals surface area contributed by atoms with Crippen molar-refractivity contribution in [2.75, 3.05) is 40.9 Å². The first-order valence-corrected chi connectivity index (χ1v) is 38.8. The van der Waals surface area contributed by atoms with Crippen LogP contribution in [0.5, 0.6) is 0 Å². The van der Waals surface area contributed by atoms with Gasteiger partial charge in [-0.25, -0.2) is 4.57 Å². The van der Waals surface area contributed by atoms with Crippen LogP contribution >= 0.6 is 7.82 Å². The Labute approximate surface area is 540 Å². The van der Waals surface area contributed by atoms with Gasteiger partial charge in [0.15, 0.2) is 0 Å². The highest BCUT2D eigenvalue weighted by Crippen LogP contribution is 2.43. The fourth-order valence-electron chi connectivity index (χ4n) is 10.9. The third kappa shape index (κ3) is 67.7. The van der Waals surface area contributed by atoms with Crippen molar-refractivity contribution in [1.29, 1.82) is 0 Å². The summed E-state index contributed by atoms with van der Waals surface area (Å²) in [6, 6.07) is -0.859. The number of unbranched alkanes of at least 4 members (excludes halogenated alkanes) is 42. The smallest absolute Gasteiger partial charge is 0.456 e. The first kappa shape index (κ1) is 84.5. The molecule has 0 radical (unpaired) electrons. The molecule has 9 nitrogen and oxygen atoms in total. The molecule has 0 rings (SSSR count). The van der Waals surface area contributed by atoms with E-state index in [0.29, 0.717) is 17.4 Å². The van der Waals surface area contributed by atoms with Gasteiger partial charge in [-0.3, -0.25) is 18.6 Å². The van der Waals surface area contributed by atoms with Gasteiger partial charge in [0, 0.05) is 12.8 Å². The molecule has 3 atom stereocenters. The Kier molecular flexibility index (Phi) is 64.4. The number of phosphoric acid groups is 1. The van der Waals surface area contributed by atoms with Crippen molar-refractivity contribution in [2.45, 2.75) is 367 Å². The van der Waals surface area contributed by atoms with E-state index in [0.717, 1.165) is 96.3 Å². The number of allylic oxidation sites excluding steroid dienone is 11. The van der Waals surface area contributed by atoms with E-state index in [-0.39, 0.29) is 31.5 Å². The van der Waals surface area contributed by atoms with Gasteiger partial charge in [-0.2, -0.15) is 0 Å². The van der Waals surface area contributed by atoms with Crippen LogP contribution in [0.1, 0.15) is 355 Å². The molecule has 0 heterocycles. The highest BCUT2D eigenvalue weighted by molar-refractivity contribution is 7.47. The number of likely N-dealkylation sites (N-methyl/N-ethyl adjacent to an activating group) is 1. The monoisotopic (exact) mass is 1240 g/mol. The van der Waals surface area contributed by atoms with Gasteiger partial charge in [-0.1, -0.05) is 312 Å². The largest absolute Gasteiger partial charge is 0.472 e. The number of amides is 1. The lowest BCUT2D eigenvalue weighted by atomic mass is 10.0. The summed E-state index contributed by atoms with van der Waals surface area (Å²) in [7, 11) is 1.49. The van der Waals surface area contributed by atoms with Gasteiger partial charge in [0.05, 0.1) is 33.8 Å². The van der Waals surface area contributed by atoms with E-state index in [2.05, 4.69) is 86.8 Å². The number of ether oxygens (including phenoxy) is 1. The molecular weight excluding hydrogens is 1100 g/mol. The summed E-state index contributed by atoms with van der Waals surface area (Å²) >= 11 is 0. The average molecular weight is 1240 g/mol. The standard InChI is InChI=1S/C77H143N2O7P/c1-7-10-13-16-19-22-25-28-30-32-34-36-37-38-39-40-41-43-44-46-48-51-54-57-60-63-66-69-76(80)78-74(73-85-87(82,83)84-72-71-79(4,5)6)75(68-65-62-59-56-53-50-27-24-21-18-15-12-9-3)86-77(81)70-67-64-61-58-55-52-49-47-45-42-35-33-31-29-26-23-20-17-14-11-8-2/h20,23,28-31,35,42,47,49,65,68,74-75H,7-19,21-22,24-27,32-34,36-41,43-46,48,50-64,66-67,69-73H2,1-6H3,(H-,78,80,82,83)/p+1/b23-20-,30-28+,31-29-,42-35-,49-47-,68-65-. The number of carbonyl (C=O) groups excluding carboxylic acids is 2. The predicted molar refractivity (Wildman–Crippen MR) is 378 cm³/mol. The Bertz CT molecular complexity index is 1720. The van der Waals surface area contributed by atoms with Crippen LogP contribution in [0.3, 0.4) is 0 Å². The van der Waals surface area contributed by atoms with Crippen molar-refractivity contribution in [3.8, 4) is 0 Å². The molecule has 0 saturated carbocycles. The Morgan fingerprint density at radius 2 is 0.701 bits per heavy atom. The number of esters is 1. The maximum atomic E-state index is 13.6. The number of quaternary nitrogens is 1. The number of phosphoric ester groups is 1. The zero-order chi connectivity index (χ0) is 63.5. The molecule has 0 aromatic heterocycles. The lowest BCUT2D eigenvalue weighted by Crippen LogP contribution is -2.47. The lowest BCUT2D eigenvalue weighted by molar-refractivity contribution is -0.870. The number of rotatable bonds is 68. The molecule has 0 fully saturated rings. The molecule has 0 spiro atoms. The van der Waals surface area contributed by atoms with E-state index in [4.69, 9.17) is 13.8 Å². The molecule has 2 N–H and O–H groups in total. The summed E-state index contributed by atoms with van der Waals surface area (Å²) in [6.07, 6.45) is 87.8. The van der Waals surface area contributed by atoms with E-state index >= 15 is 0 Å². The summed E-state index contributed by atoms with van der Waals surface area (Å²) in [5, 5.41) is 3.07. The molecule has 0 saturated heterocycles. The number of hydrogen-bond donors (Lipinski definition) is 2. The van der Waals surface area contributed by atoms with E-state index in [9.17, 15) is 19.0 Å². The van der Waals surface area contributed by atoms with Crippen LogP contribution < -0.4 is 5.32 Å². The van der Waals surface area contributed by atoms with Crippen molar-refractivity contribution < 1.29 is 37.3 Å². The Morgan fingerprint density at radius 3 is 1.08 bits per heavy atom. The van der Waals surface area contributed by atoms with Crippen molar-refractivity contribution in [3.63, 3.8) is 0 Å². The highest BCUT2D eigenvalue weighted by Gasteiger charge is 2.30. The van der Waals surface area contributed by atoms with Crippen LogP contribution in [-0.4, -0.2) is 74.3 Å². The number of hydrogen-bond acceptors (Lipinski definition) is 6. The Hall–Kier alpha value is -2.55. The summed E-state index contributed by atoms with van der Waals surface area (Å²) in [5.74, 6) is -0.513. The van der Waals surface area contributed by atoms with Crippen molar-refractivity contribution in [2.24, 2.45) is 0 Å². The number of nitrogens with one attached hydrogen (secondary N) is 1. The van der Waals surface area contributed by atoms with Crippen LogP contribution in [0.15, 0.2) is 72.9 Å². The molecule has 10 heteroatoms. The van der Waals surface area contributed by atoms with Crippen LogP contribution in [0, 0.1) is 0 Å². The Balaban J connectivity index is 5.05. The van der Waals surface area contributed by atoms with Crippen molar-refractivity contribution in [3.05, 3.63) is 72.9 Å². The molecule has 0 aliphatic rings. The maximum Gasteiger partial charge on any atom is 0.472 e. The molecule has 1 amide bonds. The topological polar surface area (TPSA) is 111 Å². The van der Waals surface area contributed by atoms with Gasteiger partial charge in [-0.05, 0) is 102 Å². The van der Waals surface area contributed by atoms with Crippen LogP contribution in [0.25, 0.3) is 0 Å². The minimum absolute atomic E-state index is 0.0362. The molecule has 0 aliphatic carbocycles. The Morgan fingerprint density at radius 1 is 0.402 bits per heavy atom. The zero-order valence-corrected chi connectivity index (χ0v) is 59.2. The molecule has 87 heavy (non-hydrogen) atoms. The molecule has 0 aliphatic heterocycles. The van der Waals surface area contributed by atoms with Gasteiger partial charge >= 0.3 is 13.8 Å². The third-order valence-electron chi connectivity index (χ3n) is 16.6. The lowest BCUT2D eigenvalue weighted by Gasteiger charge is -2.27. The van der Waals surface area contributed by atoms with Crippen LogP contribution in [-0.2, 0) is 27.9 Å². The SMILES string of the molecule is CCCCC/C=C\C/C=C\C/C=C\C/C=C\CCCCCCCC(=O)OC(/C=C\CCCCCCCCCCCCC)C(COP(=O)(O)OCC[N+](C)(C)C)NC(=O)CCCCCCCCCCCCCCCCCCC/C=C/CCCCCCCC. The van der Waals surface area contributed by atoms with E-state index in [1.807, 2.05) is 33.3 Å². The minimum Gasteiger partial charge on any atom is -0.456 e. The molecule has 0 aromatic rings. The van der Waals surface area contributed by atoms with Crippen LogP contribution in [0.2, 0.25) is 0 Å². The number of nitrogens with zero attached hydrogens (tertiary/aromatic N) is 1. The fourth-order valence-corrected chi connectivity index (χ4v) is 11.6. The molecule has 0 aromatic carbocycles. The zero-order valence-electron chi connectivity index (χ0n) is 58.3. The molecule has 508 valence electrons. The average Bonchev–Trinajstić information content (AvgIpc) is 3.70. The predicted octanol–water partition coefficient (Wildman–Crippen LogP) is 23.9. The first-order chi connectivity index (χ1) is 42.4. The third-order valence-corrected chi connectivity index (χ3v) is 17.6. The van der Waals surface area contributed by atoms with E-state index in [1.54, 1.807) is 0 Å². The summed E-state index contributed by atoms with van der Waals surface area (Å²) in [5.41, 5.74) is 0. The molecule has 3 unspecified atom stereocenters. The van der Waals surface area contributed by atoms with E-state index < -0.39 is 20.0 Å². The van der Waals surface area contributed by atoms with Gasteiger partial charge in [0.2, 0.25) is 5.91 Å². The minimum atomic E-state index is -4.46. The second-order valence-corrected chi connectivity index (χ2v) is 27.9. The van der Waals surface area contributed by atoms with Gasteiger partial charge in [0.1, 0.15) is 19.3 Å². The number of carbonyl (C=O) groups is 2. The maximum absolute atomic E-state index is 13.6. The van der Waals surface area contributed by atoms with Gasteiger partial charge in [0.25, 0.3) is 0 Å². The highest BCUT2D eigenvalue weighted by atomic mass is 31.2. The molecule has 0 bridgehead atoms. The van der Waals surface area contributed by atoms with Crippen molar-refractivity contribution >= 4 is 19.7 Å². The molecular formula is C77H144N2O7P+. The fraction of sp³-hybridized carbons (Fsp3) is 0.818. The van der Waals surface area contributed by atoms with Gasteiger partial charge < -0.3 is 19.4 Å². The van der Waals surface area contributed by atoms with E-state index in [1.165, 1.54) is 225 Å². The summed E-state index contributed by atoms with van der Waals surface area (Å²) in [4.78, 5) is 38.0. The second kappa shape index (κ2) is 66.4. The summed E-state index contributed by atoms with van der Waals surface area (Å²) < 4.78 is 30.9. The first-order valence-electron chi connectivity index (χ1n) is 37.3. The van der Waals surface area contributed by atoms with Gasteiger partial charge in [-0.15, -0.1) is 0 Å². The van der Waals surface area contributed by atoms with Crippen molar-refractivity contribution in [1.82, 2.24) is 5.32 Å². The second-order valence-electron chi connectivity index (χ2n) is 26.5. The summed E-state index contributed by atoms with van der Waals surface area (Å²) in [6.45, 7) is 7.01. The normalized spacial score (nSPS) is 13.9. The van der Waals surface area contributed by atoms with Crippen LogP contribution in [0.4, 0.5) is 0 Å². The quantitative estimate of drug-likeness (QED) is 0.0205.